The molecule has 2 aromatic rings. The van der Waals surface area contributed by atoms with Gasteiger partial charge in [-0.05, 0) is 61.7 Å². The van der Waals surface area contributed by atoms with E-state index in [-0.39, 0.29) is 17.5 Å². The van der Waals surface area contributed by atoms with Crippen molar-refractivity contribution in [3.8, 4) is 5.75 Å². The molecule has 1 fully saturated rings. The second-order valence-corrected chi connectivity index (χ2v) is 7.88. The first-order chi connectivity index (χ1) is 15.5. The van der Waals surface area contributed by atoms with E-state index in [1.54, 1.807) is 12.1 Å². The molecular weight excluding hydrogens is 409 g/mol. The van der Waals surface area contributed by atoms with E-state index in [0.717, 1.165) is 50.5 Å². The highest BCUT2D eigenvalue weighted by atomic mass is 19.1. The van der Waals surface area contributed by atoms with E-state index in [1.807, 2.05) is 19.1 Å². The van der Waals surface area contributed by atoms with Crippen LogP contribution in [0.5, 0.6) is 5.75 Å². The van der Waals surface area contributed by atoms with Gasteiger partial charge < -0.3 is 21.1 Å². The van der Waals surface area contributed by atoms with Gasteiger partial charge >= 0.3 is 0 Å². The monoisotopic (exact) mass is 441 g/mol. The van der Waals surface area contributed by atoms with Gasteiger partial charge in [-0.3, -0.25) is 14.7 Å². The summed E-state index contributed by atoms with van der Waals surface area (Å²) in [6.45, 7) is 6.44. The van der Waals surface area contributed by atoms with E-state index in [4.69, 9.17) is 0 Å². The lowest BCUT2D eigenvalue weighted by molar-refractivity contribution is 0.0955. The molecule has 0 bridgehead atoms. The standard InChI is InChI=1S/C24H32FN5O2/c1-2-26-24(28-14-13-27-23(32)19-5-9-22(31)10-6-19)29-21-11-15-30(16-12-21)17-18-3-7-20(25)8-4-18/h3-10,21,31H,2,11-17H2,1H3,(H,27,32)(H2,26,28,29). The zero-order chi connectivity index (χ0) is 22.8. The Morgan fingerprint density at radius 2 is 1.78 bits per heavy atom. The van der Waals surface area contributed by atoms with Crippen molar-refractivity contribution in [3.05, 3.63) is 65.5 Å². The second-order valence-electron chi connectivity index (χ2n) is 7.88. The lowest BCUT2D eigenvalue weighted by Crippen LogP contribution is -2.48. The second kappa shape index (κ2) is 12.0. The third-order valence-electron chi connectivity index (χ3n) is 5.39. The molecular formula is C24H32FN5O2. The normalized spacial score (nSPS) is 15.4. The van der Waals surface area contributed by atoms with Crippen molar-refractivity contribution in [3.63, 3.8) is 0 Å². The molecule has 8 heteroatoms. The summed E-state index contributed by atoms with van der Waals surface area (Å²) in [5, 5.41) is 18.9. The minimum absolute atomic E-state index is 0.133. The zero-order valence-electron chi connectivity index (χ0n) is 18.5. The van der Waals surface area contributed by atoms with Crippen molar-refractivity contribution in [2.24, 2.45) is 4.99 Å². The van der Waals surface area contributed by atoms with E-state index >= 15 is 0 Å². The van der Waals surface area contributed by atoms with Crippen LogP contribution in [0.4, 0.5) is 4.39 Å². The third-order valence-corrected chi connectivity index (χ3v) is 5.39. The van der Waals surface area contributed by atoms with Crippen LogP contribution in [0.15, 0.2) is 53.5 Å². The van der Waals surface area contributed by atoms with Crippen LogP contribution in [0, 0.1) is 5.82 Å². The number of phenols is 1. The molecule has 1 saturated heterocycles. The molecule has 1 amide bonds. The number of nitrogens with one attached hydrogen (secondary N) is 3. The molecule has 0 atom stereocenters. The molecule has 0 saturated carbocycles. The summed E-state index contributed by atoms with van der Waals surface area (Å²) in [5.74, 6) is 0.496. The lowest BCUT2D eigenvalue weighted by Gasteiger charge is -2.33. The number of piperidine rings is 1. The van der Waals surface area contributed by atoms with Crippen molar-refractivity contribution in [1.29, 1.82) is 0 Å². The van der Waals surface area contributed by atoms with Crippen LogP contribution < -0.4 is 16.0 Å². The molecule has 0 aromatic heterocycles. The van der Waals surface area contributed by atoms with Crippen LogP contribution in [0.25, 0.3) is 0 Å². The van der Waals surface area contributed by atoms with E-state index in [2.05, 4.69) is 25.8 Å². The molecule has 32 heavy (non-hydrogen) atoms. The summed E-state index contributed by atoms with van der Waals surface area (Å²) >= 11 is 0. The molecule has 4 N–H and O–H groups in total. The van der Waals surface area contributed by atoms with Gasteiger partial charge in [0.15, 0.2) is 5.96 Å². The fourth-order valence-corrected chi connectivity index (χ4v) is 3.65. The highest BCUT2D eigenvalue weighted by Crippen LogP contribution is 2.14. The van der Waals surface area contributed by atoms with Crippen molar-refractivity contribution in [1.82, 2.24) is 20.9 Å². The number of guanidine groups is 1. The Bertz CT molecular complexity index is 878. The molecule has 2 aromatic carbocycles. The summed E-state index contributed by atoms with van der Waals surface area (Å²) in [4.78, 5) is 19.1. The molecule has 0 unspecified atom stereocenters. The number of carbonyl (C=O) groups is 1. The summed E-state index contributed by atoms with van der Waals surface area (Å²) < 4.78 is 13.1. The predicted molar refractivity (Wildman–Crippen MR) is 124 cm³/mol. The first kappa shape index (κ1) is 23.5. The van der Waals surface area contributed by atoms with Gasteiger partial charge in [0.1, 0.15) is 11.6 Å². The smallest absolute Gasteiger partial charge is 0.251 e. The first-order valence-electron chi connectivity index (χ1n) is 11.1. The number of halogens is 1. The third kappa shape index (κ3) is 7.53. The number of carbonyl (C=O) groups excluding carboxylic acids is 1. The predicted octanol–water partition coefficient (Wildman–Crippen LogP) is 2.48. The summed E-state index contributed by atoms with van der Waals surface area (Å²) in [5.41, 5.74) is 1.63. The summed E-state index contributed by atoms with van der Waals surface area (Å²) in [7, 11) is 0. The molecule has 1 aliphatic rings. The quantitative estimate of drug-likeness (QED) is 0.287. The average molecular weight is 442 g/mol. The maximum absolute atomic E-state index is 13.1. The minimum atomic E-state index is -0.202. The molecule has 0 spiro atoms. The fraction of sp³-hybridized carbons (Fsp3) is 0.417. The Morgan fingerprint density at radius 1 is 1.09 bits per heavy atom. The van der Waals surface area contributed by atoms with Crippen molar-refractivity contribution >= 4 is 11.9 Å². The number of phenolic OH excluding ortho intramolecular Hbond substituents is 1. The Morgan fingerprint density at radius 3 is 2.44 bits per heavy atom. The van der Waals surface area contributed by atoms with Gasteiger partial charge in [-0.25, -0.2) is 4.39 Å². The van der Waals surface area contributed by atoms with E-state index in [0.29, 0.717) is 24.7 Å². The number of likely N-dealkylation sites (tertiary alicyclic amines) is 1. The highest BCUT2D eigenvalue weighted by Gasteiger charge is 2.20. The van der Waals surface area contributed by atoms with Crippen LogP contribution >= 0.6 is 0 Å². The van der Waals surface area contributed by atoms with Gasteiger partial charge in [-0.15, -0.1) is 0 Å². The minimum Gasteiger partial charge on any atom is -0.508 e. The van der Waals surface area contributed by atoms with Crippen LogP contribution in [-0.4, -0.2) is 60.6 Å². The van der Waals surface area contributed by atoms with Gasteiger partial charge in [0.2, 0.25) is 0 Å². The van der Waals surface area contributed by atoms with E-state index in [1.165, 1.54) is 24.3 Å². The molecule has 1 aliphatic heterocycles. The van der Waals surface area contributed by atoms with Crippen LogP contribution in [0.1, 0.15) is 35.7 Å². The number of nitrogens with zero attached hydrogens (tertiary/aromatic N) is 2. The van der Waals surface area contributed by atoms with Crippen molar-refractivity contribution in [2.45, 2.75) is 32.4 Å². The molecule has 0 radical (unpaired) electrons. The maximum atomic E-state index is 13.1. The van der Waals surface area contributed by atoms with Crippen molar-refractivity contribution < 1.29 is 14.3 Å². The molecule has 3 rings (SSSR count). The molecule has 172 valence electrons. The highest BCUT2D eigenvalue weighted by molar-refractivity contribution is 5.94. The largest absolute Gasteiger partial charge is 0.508 e. The Labute approximate surface area is 188 Å². The SMILES string of the molecule is CCNC(=NCCNC(=O)c1ccc(O)cc1)NC1CCN(Cc2ccc(F)cc2)CC1. The summed E-state index contributed by atoms with van der Waals surface area (Å²) in [6.07, 6.45) is 2.01. The first-order valence-corrected chi connectivity index (χ1v) is 11.1. The van der Waals surface area contributed by atoms with Crippen molar-refractivity contribution in [2.75, 3.05) is 32.7 Å². The van der Waals surface area contributed by atoms with Gasteiger partial charge in [0.25, 0.3) is 5.91 Å². The average Bonchev–Trinajstić information content (AvgIpc) is 2.80. The van der Waals surface area contributed by atoms with Gasteiger partial charge in [0.05, 0.1) is 6.54 Å². The summed E-state index contributed by atoms with van der Waals surface area (Å²) in [6, 6.07) is 13.2. The van der Waals surface area contributed by atoms with Gasteiger partial charge in [-0.2, -0.15) is 0 Å². The number of hydrogen-bond acceptors (Lipinski definition) is 4. The van der Waals surface area contributed by atoms with Gasteiger partial charge in [-0.1, -0.05) is 12.1 Å². The number of amides is 1. The Balaban J connectivity index is 1.40. The maximum Gasteiger partial charge on any atom is 0.251 e. The Kier molecular flexibility index (Phi) is 8.86. The molecule has 0 aliphatic carbocycles. The number of benzene rings is 2. The number of rotatable bonds is 8. The molecule has 7 nitrogen and oxygen atoms in total. The number of hydrogen-bond donors (Lipinski definition) is 4. The molecule has 1 heterocycles. The number of aliphatic imine (C=N–C) groups is 1. The number of aromatic hydroxyl groups is 1. The fourth-order valence-electron chi connectivity index (χ4n) is 3.65. The van der Waals surface area contributed by atoms with Gasteiger partial charge in [0, 0.05) is 44.3 Å². The van der Waals surface area contributed by atoms with E-state index in [9.17, 15) is 14.3 Å². The van der Waals surface area contributed by atoms with Crippen LogP contribution in [0.2, 0.25) is 0 Å². The van der Waals surface area contributed by atoms with E-state index < -0.39 is 0 Å². The zero-order valence-corrected chi connectivity index (χ0v) is 18.5. The topological polar surface area (TPSA) is 89.0 Å². The Hall–Kier alpha value is -3.13. The van der Waals surface area contributed by atoms with Crippen LogP contribution in [-0.2, 0) is 6.54 Å². The van der Waals surface area contributed by atoms with Crippen LogP contribution in [0.3, 0.4) is 0 Å². The lowest BCUT2D eigenvalue weighted by atomic mass is 10.0.